The van der Waals surface area contributed by atoms with Gasteiger partial charge in [0.1, 0.15) is 5.75 Å². The van der Waals surface area contributed by atoms with E-state index >= 15 is 0 Å². The maximum Gasteiger partial charge on any atom is 0.413 e. The Morgan fingerprint density at radius 3 is 2.48 bits per heavy atom. The summed E-state index contributed by atoms with van der Waals surface area (Å²) in [6.07, 6.45) is -0.555. The second kappa shape index (κ2) is 9.50. The number of ether oxygens (including phenoxy) is 1. The van der Waals surface area contributed by atoms with E-state index < -0.39 is 6.09 Å². The smallest absolute Gasteiger partial charge is 0.410 e. The summed E-state index contributed by atoms with van der Waals surface area (Å²) < 4.78 is 7.36. The second-order valence-corrected chi connectivity index (χ2v) is 9.29. The minimum absolute atomic E-state index is 0.123. The molecule has 4 aromatic rings. The zero-order chi connectivity index (χ0) is 23.5. The highest BCUT2D eigenvalue weighted by molar-refractivity contribution is 7.09. The van der Waals surface area contributed by atoms with Crippen LogP contribution in [0.15, 0.2) is 47.8 Å². The Labute approximate surface area is 196 Å². The molecule has 0 saturated heterocycles. The third kappa shape index (κ3) is 5.25. The van der Waals surface area contributed by atoms with E-state index in [2.05, 4.69) is 25.8 Å². The van der Waals surface area contributed by atoms with Crippen LogP contribution in [0.1, 0.15) is 54.8 Å². The number of nitrogens with one attached hydrogen (secondary N) is 1. The van der Waals surface area contributed by atoms with Gasteiger partial charge in [0.2, 0.25) is 0 Å². The van der Waals surface area contributed by atoms with Crippen LogP contribution in [-0.4, -0.2) is 31.3 Å². The van der Waals surface area contributed by atoms with Crippen LogP contribution in [0.2, 0.25) is 0 Å². The Morgan fingerprint density at radius 2 is 1.82 bits per heavy atom. The first-order valence-electron chi connectivity index (χ1n) is 10.7. The number of tetrazole rings is 1. The zero-order valence-electron chi connectivity index (χ0n) is 19.2. The predicted molar refractivity (Wildman–Crippen MR) is 128 cm³/mol. The number of hydrogen-bond donors (Lipinski definition) is 1. The summed E-state index contributed by atoms with van der Waals surface area (Å²) in [7, 11) is 0. The average Bonchev–Trinajstić information content (AvgIpc) is 3.43. The van der Waals surface area contributed by atoms with Crippen molar-refractivity contribution in [3.63, 3.8) is 0 Å². The molecule has 0 spiro atoms. The van der Waals surface area contributed by atoms with Gasteiger partial charge in [0.15, 0.2) is 5.82 Å². The first-order valence-corrected chi connectivity index (χ1v) is 11.6. The number of benzene rings is 2. The zero-order valence-corrected chi connectivity index (χ0v) is 20.1. The van der Waals surface area contributed by atoms with Crippen molar-refractivity contribution in [2.45, 2.75) is 46.6 Å². The van der Waals surface area contributed by atoms with Gasteiger partial charge in [-0.1, -0.05) is 43.7 Å². The third-order valence-corrected chi connectivity index (χ3v) is 5.95. The molecule has 1 atom stereocenters. The van der Waals surface area contributed by atoms with Gasteiger partial charge in [-0.3, -0.25) is 0 Å². The molecule has 0 saturated carbocycles. The quantitative estimate of drug-likeness (QED) is 0.414. The monoisotopic (exact) mass is 462 g/mol. The van der Waals surface area contributed by atoms with E-state index in [1.165, 1.54) is 5.56 Å². The number of aryl methyl sites for hydroxylation is 2. The lowest BCUT2D eigenvalue weighted by atomic mass is 10.0. The van der Waals surface area contributed by atoms with E-state index in [4.69, 9.17) is 4.74 Å². The van der Waals surface area contributed by atoms with Crippen molar-refractivity contribution in [2.75, 3.05) is 0 Å². The molecule has 8 nitrogen and oxygen atoms in total. The fraction of sp³-hybridized carbons (Fsp3) is 0.292. The van der Waals surface area contributed by atoms with Crippen molar-refractivity contribution < 1.29 is 9.53 Å². The van der Waals surface area contributed by atoms with Crippen molar-refractivity contribution in [3.8, 4) is 22.6 Å². The van der Waals surface area contributed by atoms with Crippen LogP contribution in [0.25, 0.3) is 16.8 Å². The fourth-order valence-electron chi connectivity index (χ4n) is 3.38. The molecule has 33 heavy (non-hydrogen) atoms. The maximum atomic E-state index is 12.7. The summed E-state index contributed by atoms with van der Waals surface area (Å²) in [5, 5.41) is 17.9. The number of thiazole rings is 1. The number of aromatic nitrogens is 5. The molecule has 170 valence electrons. The predicted octanol–water partition coefficient (Wildman–Crippen LogP) is 5.38. The molecule has 9 heteroatoms. The van der Waals surface area contributed by atoms with Gasteiger partial charge in [0, 0.05) is 17.4 Å². The lowest BCUT2D eigenvalue weighted by Gasteiger charge is -2.14. The molecule has 1 unspecified atom stereocenters. The van der Waals surface area contributed by atoms with Gasteiger partial charge in [-0.05, 0) is 54.5 Å². The summed E-state index contributed by atoms with van der Waals surface area (Å²) in [6.45, 7) is 9.90. The van der Waals surface area contributed by atoms with Crippen LogP contribution in [0.5, 0.6) is 5.75 Å². The normalized spacial score (nSPS) is 12.1. The van der Waals surface area contributed by atoms with Gasteiger partial charge < -0.3 is 10.1 Å². The molecule has 0 aliphatic carbocycles. The molecule has 2 aromatic heterocycles. The Balaban J connectivity index is 1.66. The highest BCUT2D eigenvalue weighted by Gasteiger charge is 2.17. The number of carbonyl (C=O) groups is 1. The van der Waals surface area contributed by atoms with E-state index in [1.807, 2.05) is 76.4 Å². The number of hydrogen-bond acceptors (Lipinski definition) is 7. The highest BCUT2D eigenvalue weighted by atomic mass is 32.1. The summed E-state index contributed by atoms with van der Waals surface area (Å²) in [5.74, 6) is 1.24. The van der Waals surface area contributed by atoms with Crippen LogP contribution < -0.4 is 10.1 Å². The van der Waals surface area contributed by atoms with Crippen molar-refractivity contribution in [1.82, 2.24) is 30.5 Å². The summed E-state index contributed by atoms with van der Waals surface area (Å²) in [5.41, 5.74) is 4.58. The highest BCUT2D eigenvalue weighted by Crippen LogP contribution is 2.29. The topological polar surface area (TPSA) is 94.8 Å². The van der Waals surface area contributed by atoms with Crippen LogP contribution in [0, 0.1) is 13.8 Å². The minimum atomic E-state index is -0.555. The molecule has 0 bridgehead atoms. The van der Waals surface area contributed by atoms with Crippen LogP contribution in [0.4, 0.5) is 4.79 Å². The van der Waals surface area contributed by atoms with E-state index in [9.17, 15) is 4.79 Å². The molecule has 0 fully saturated rings. The number of nitrogens with zero attached hydrogens (tertiary/aromatic N) is 5. The summed E-state index contributed by atoms with van der Waals surface area (Å²) >= 11 is 1.54. The van der Waals surface area contributed by atoms with E-state index in [-0.39, 0.29) is 12.0 Å². The lowest BCUT2D eigenvalue weighted by molar-refractivity contribution is 0.197. The molecular weight excluding hydrogens is 436 g/mol. The second-order valence-electron chi connectivity index (χ2n) is 8.23. The standard InChI is InChI=1S/C24H26N6O2S/c1-14(2)23-27-28-29-30(23)20-10-19(18-8-6-15(3)7-9-18)11-21(12-20)32-24(31)25-16(4)22-13-33-17(5)26-22/h6-14,16H,1-5H3,(H,25,31). The molecule has 2 heterocycles. The van der Waals surface area contributed by atoms with Gasteiger partial charge in [-0.25, -0.2) is 9.78 Å². The molecule has 0 radical (unpaired) electrons. The first kappa shape index (κ1) is 22.6. The van der Waals surface area contributed by atoms with Crippen LogP contribution in [-0.2, 0) is 0 Å². The molecule has 2 aromatic carbocycles. The van der Waals surface area contributed by atoms with Gasteiger partial charge in [-0.2, -0.15) is 4.68 Å². The fourth-order valence-corrected chi connectivity index (χ4v) is 4.09. The van der Waals surface area contributed by atoms with Crippen molar-refractivity contribution in [1.29, 1.82) is 0 Å². The SMILES string of the molecule is Cc1ccc(-c2cc(OC(=O)NC(C)c3csc(C)n3)cc(-n3nnnc3C(C)C)c2)cc1. The Morgan fingerprint density at radius 1 is 1.06 bits per heavy atom. The van der Waals surface area contributed by atoms with E-state index in [1.54, 1.807) is 22.1 Å². The molecule has 1 N–H and O–H groups in total. The van der Waals surface area contributed by atoms with Crippen molar-refractivity contribution in [3.05, 3.63) is 69.9 Å². The average molecular weight is 463 g/mol. The van der Waals surface area contributed by atoms with Crippen LogP contribution in [0.3, 0.4) is 0 Å². The Kier molecular flexibility index (Phi) is 6.50. The van der Waals surface area contributed by atoms with E-state index in [0.717, 1.165) is 27.7 Å². The van der Waals surface area contributed by atoms with E-state index in [0.29, 0.717) is 11.4 Å². The minimum Gasteiger partial charge on any atom is -0.410 e. The van der Waals surface area contributed by atoms with Gasteiger partial charge in [-0.15, -0.1) is 16.4 Å². The summed E-state index contributed by atoms with van der Waals surface area (Å²) in [6, 6.07) is 13.5. The number of rotatable bonds is 6. The molecule has 1 amide bonds. The number of carbonyl (C=O) groups excluding carboxylic acids is 1. The number of amides is 1. The molecule has 0 aliphatic rings. The molecule has 4 rings (SSSR count). The Bertz CT molecular complexity index is 1260. The van der Waals surface area contributed by atoms with Crippen molar-refractivity contribution >= 4 is 17.4 Å². The first-order chi connectivity index (χ1) is 15.8. The Hall–Kier alpha value is -3.59. The van der Waals surface area contributed by atoms with Gasteiger partial charge in [0.25, 0.3) is 0 Å². The lowest BCUT2D eigenvalue weighted by Crippen LogP contribution is -2.29. The van der Waals surface area contributed by atoms with Gasteiger partial charge >= 0.3 is 6.09 Å². The summed E-state index contributed by atoms with van der Waals surface area (Å²) in [4.78, 5) is 17.1. The maximum absolute atomic E-state index is 12.7. The third-order valence-electron chi connectivity index (χ3n) is 5.16. The van der Waals surface area contributed by atoms with Crippen molar-refractivity contribution in [2.24, 2.45) is 0 Å². The van der Waals surface area contributed by atoms with Gasteiger partial charge in [0.05, 0.1) is 22.4 Å². The van der Waals surface area contributed by atoms with Crippen LogP contribution >= 0.6 is 11.3 Å². The largest absolute Gasteiger partial charge is 0.413 e. The molecule has 0 aliphatic heterocycles. The molecular formula is C24H26N6O2S.